The van der Waals surface area contributed by atoms with Crippen molar-refractivity contribution in [3.63, 3.8) is 0 Å². The Morgan fingerprint density at radius 3 is 0.409 bits per heavy atom. The van der Waals surface area contributed by atoms with E-state index >= 15 is 0 Å². The summed E-state index contributed by atoms with van der Waals surface area (Å²) in [5, 5.41) is 72.6. The smallest absolute Gasteiger partial charge is 0.336 e. The Morgan fingerprint density at radius 2 is 0.341 bits per heavy atom. The number of carboxylic acid groups (broad SMARTS) is 8. The van der Waals surface area contributed by atoms with Gasteiger partial charge in [0, 0.05) is 0 Å². The Labute approximate surface area is 241 Å². The molecule has 0 aliphatic carbocycles. The van der Waals surface area contributed by atoms with Gasteiger partial charge in [0.05, 0.1) is 44.5 Å². The Kier molecular flexibility index (Phi) is 8.61. The van der Waals surface area contributed by atoms with E-state index < -0.39 is 92.3 Å². The minimum Gasteiger partial charge on any atom is -0.478 e. The zero-order valence-electron chi connectivity index (χ0n) is 21.5. The molecular weight excluding hydrogens is 592 g/mol. The molecule has 0 aliphatic heterocycles. The fourth-order valence-corrected chi connectivity index (χ4v) is 4.11. The predicted molar refractivity (Wildman–Crippen MR) is 144 cm³/mol. The lowest BCUT2D eigenvalue weighted by atomic mass is 9.96. The lowest BCUT2D eigenvalue weighted by Crippen LogP contribution is -2.10. The van der Waals surface area contributed by atoms with Crippen molar-refractivity contribution in [1.82, 2.24) is 0 Å². The summed E-state index contributed by atoms with van der Waals surface area (Å²) in [5.74, 6) is -11.9. The Hall–Kier alpha value is -6.84. The van der Waals surface area contributed by atoms with Gasteiger partial charge in [-0.1, -0.05) is 0 Å². The molecule has 0 saturated heterocycles. The van der Waals surface area contributed by atoms with Crippen molar-refractivity contribution in [2.45, 2.75) is 0 Å². The molecule has 0 saturated carbocycles. The van der Waals surface area contributed by atoms with Gasteiger partial charge in [0.1, 0.15) is 0 Å². The van der Waals surface area contributed by atoms with Crippen molar-refractivity contribution < 1.29 is 79.2 Å². The maximum Gasteiger partial charge on any atom is 0.336 e. The first-order chi connectivity index (χ1) is 20.4. The van der Waals surface area contributed by atoms with Crippen LogP contribution in [0.5, 0.6) is 0 Å². The van der Waals surface area contributed by atoms with Crippen molar-refractivity contribution in [3.05, 3.63) is 93.0 Å². The number of carboxylic acids is 8. The third kappa shape index (κ3) is 6.23. The predicted octanol–water partition coefficient (Wildman–Crippen LogP) is 3.27. The van der Waals surface area contributed by atoms with Crippen LogP contribution in [-0.4, -0.2) is 88.6 Å². The quantitative estimate of drug-likeness (QED) is 0.142. The van der Waals surface area contributed by atoms with Crippen LogP contribution in [0.3, 0.4) is 0 Å². The molecule has 44 heavy (non-hydrogen) atoms. The summed E-state index contributed by atoms with van der Waals surface area (Å²) in [6.45, 7) is 0. The molecule has 4 aromatic carbocycles. The number of carbonyl (C=O) groups is 8. The molecule has 0 spiro atoms. The van der Waals surface area contributed by atoms with Crippen LogP contribution in [0, 0.1) is 0 Å². The van der Waals surface area contributed by atoms with E-state index in [1.54, 1.807) is 0 Å². The molecule has 16 heteroatoms. The maximum absolute atomic E-state index is 11.1. The number of rotatable bonds is 8. The Balaban J connectivity index is 0.000000240. The van der Waals surface area contributed by atoms with Crippen LogP contribution in [0.2, 0.25) is 0 Å². The van der Waals surface area contributed by atoms with Crippen molar-refractivity contribution in [2.24, 2.45) is 0 Å². The molecule has 0 fully saturated rings. The molecule has 0 aliphatic rings. The summed E-state index contributed by atoms with van der Waals surface area (Å²) in [5.41, 5.74) is -4.12. The third-order valence-electron chi connectivity index (χ3n) is 6.07. The van der Waals surface area contributed by atoms with Gasteiger partial charge in [0.25, 0.3) is 0 Å². The molecule has 0 unspecified atom stereocenters. The van der Waals surface area contributed by atoms with Crippen molar-refractivity contribution in [3.8, 4) is 0 Å². The van der Waals surface area contributed by atoms with E-state index in [4.69, 9.17) is 40.9 Å². The molecule has 0 amide bonds. The average molecular weight is 608 g/mol. The van der Waals surface area contributed by atoms with Crippen molar-refractivity contribution in [1.29, 1.82) is 0 Å². The molecule has 8 N–H and O–H groups in total. The topological polar surface area (TPSA) is 298 Å². The lowest BCUT2D eigenvalue weighted by Gasteiger charge is -2.08. The van der Waals surface area contributed by atoms with Crippen LogP contribution < -0.4 is 0 Å². The molecule has 16 nitrogen and oxygen atoms in total. The standard InChI is InChI=1S/2C14H8O8/c2*15-11(16)7-1-5-2-9(13(19)20)10(14(21)22)4-6(5)3-8(7)12(17)18/h2*1-4H,(H,15,16)(H,17,18)(H,19,20)(H,21,22). The van der Waals surface area contributed by atoms with Crippen molar-refractivity contribution in [2.75, 3.05) is 0 Å². The van der Waals surface area contributed by atoms with Gasteiger partial charge in [-0.15, -0.1) is 0 Å². The third-order valence-corrected chi connectivity index (χ3v) is 6.07. The summed E-state index contributed by atoms with van der Waals surface area (Å²) in [4.78, 5) is 88.7. The van der Waals surface area contributed by atoms with Gasteiger partial charge in [-0.25, -0.2) is 38.4 Å². The van der Waals surface area contributed by atoms with E-state index in [0.29, 0.717) is 0 Å². The van der Waals surface area contributed by atoms with Gasteiger partial charge in [-0.2, -0.15) is 0 Å². The number of hydrogen-bond donors (Lipinski definition) is 8. The summed E-state index contributed by atoms with van der Waals surface area (Å²) in [6.07, 6.45) is 0. The van der Waals surface area contributed by atoms with E-state index in [9.17, 15) is 38.4 Å². The van der Waals surface area contributed by atoms with Gasteiger partial charge < -0.3 is 40.9 Å². The van der Waals surface area contributed by atoms with Gasteiger partial charge in [0.15, 0.2) is 0 Å². The molecule has 4 rings (SSSR count). The van der Waals surface area contributed by atoms with Gasteiger partial charge in [-0.05, 0) is 70.1 Å². The molecule has 0 heterocycles. The van der Waals surface area contributed by atoms with E-state index in [1.807, 2.05) is 0 Å². The van der Waals surface area contributed by atoms with Crippen LogP contribution in [0.25, 0.3) is 21.5 Å². The number of aromatic carboxylic acids is 8. The average Bonchev–Trinajstić information content (AvgIpc) is 2.94. The largest absolute Gasteiger partial charge is 0.478 e. The molecule has 4 aromatic rings. The van der Waals surface area contributed by atoms with Crippen LogP contribution >= 0.6 is 0 Å². The first-order valence-corrected chi connectivity index (χ1v) is 11.5. The summed E-state index contributed by atoms with van der Waals surface area (Å²) in [6, 6.07) is 7.99. The second-order valence-corrected chi connectivity index (χ2v) is 8.73. The highest BCUT2D eigenvalue weighted by atomic mass is 16.4. The highest BCUT2D eigenvalue weighted by Gasteiger charge is 2.23. The summed E-state index contributed by atoms with van der Waals surface area (Å²) in [7, 11) is 0. The highest BCUT2D eigenvalue weighted by molar-refractivity contribution is 6.11. The lowest BCUT2D eigenvalue weighted by molar-refractivity contribution is 0.0651. The second kappa shape index (κ2) is 12.0. The Bertz CT molecular complexity index is 1570. The molecule has 0 aromatic heterocycles. The molecule has 0 radical (unpaired) electrons. The fourth-order valence-electron chi connectivity index (χ4n) is 4.11. The molecule has 0 bridgehead atoms. The van der Waals surface area contributed by atoms with Gasteiger partial charge in [-0.3, -0.25) is 0 Å². The first kappa shape index (κ1) is 31.7. The molecule has 0 atom stereocenters. The van der Waals surface area contributed by atoms with Crippen LogP contribution in [0.4, 0.5) is 0 Å². The Morgan fingerprint density at radius 1 is 0.250 bits per heavy atom. The summed E-state index contributed by atoms with van der Waals surface area (Å²) >= 11 is 0. The van der Waals surface area contributed by atoms with Gasteiger partial charge >= 0.3 is 47.8 Å². The summed E-state index contributed by atoms with van der Waals surface area (Å²) < 4.78 is 0. The zero-order chi connectivity index (χ0) is 33.2. The van der Waals surface area contributed by atoms with E-state index in [-0.39, 0.29) is 21.5 Å². The zero-order valence-corrected chi connectivity index (χ0v) is 21.5. The van der Waals surface area contributed by atoms with E-state index in [1.165, 1.54) is 0 Å². The maximum atomic E-state index is 11.1. The van der Waals surface area contributed by atoms with E-state index in [2.05, 4.69) is 0 Å². The monoisotopic (exact) mass is 608 g/mol. The normalized spacial score (nSPS) is 10.4. The highest BCUT2D eigenvalue weighted by Crippen LogP contribution is 2.26. The SMILES string of the molecule is O=C(O)c1cc2cc(C(=O)O)c(C(=O)O)cc2cc1C(=O)O.O=C(O)c1cc2cc(C(=O)O)c(C(=O)O)cc2cc1C(=O)O. The molecular formula is C28H16O16. The van der Waals surface area contributed by atoms with Crippen molar-refractivity contribution >= 4 is 69.3 Å². The van der Waals surface area contributed by atoms with Crippen LogP contribution in [0.1, 0.15) is 82.9 Å². The van der Waals surface area contributed by atoms with Gasteiger partial charge in [0.2, 0.25) is 0 Å². The number of benzene rings is 4. The minimum atomic E-state index is -1.49. The fraction of sp³-hybridized carbons (Fsp3) is 0. The first-order valence-electron chi connectivity index (χ1n) is 11.5. The molecule has 224 valence electrons. The number of fused-ring (bicyclic) bond motifs is 2. The van der Waals surface area contributed by atoms with E-state index in [0.717, 1.165) is 48.5 Å². The van der Waals surface area contributed by atoms with Crippen LogP contribution in [0.15, 0.2) is 48.5 Å². The van der Waals surface area contributed by atoms with Crippen LogP contribution in [-0.2, 0) is 0 Å². The number of hydrogen-bond acceptors (Lipinski definition) is 8. The second-order valence-electron chi connectivity index (χ2n) is 8.73. The minimum absolute atomic E-state index is 0.116.